The summed E-state index contributed by atoms with van der Waals surface area (Å²) in [6.07, 6.45) is 2.01. The Balaban J connectivity index is 2.23. The molecule has 0 unspecified atom stereocenters. The van der Waals surface area contributed by atoms with Gasteiger partial charge in [-0.25, -0.2) is 0 Å². The van der Waals surface area contributed by atoms with Gasteiger partial charge in [-0.3, -0.25) is 4.79 Å². The Bertz CT molecular complexity index is 566. The third-order valence-corrected chi connectivity index (χ3v) is 4.30. The molecule has 0 N–H and O–H groups in total. The van der Waals surface area contributed by atoms with Gasteiger partial charge in [-0.05, 0) is 42.5 Å². The molecule has 1 aromatic carbocycles. The summed E-state index contributed by atoms with van der Waals surface area (Å²) < 4.78 is 0. The number of thiophene rings is 1. The molecule has 0 spiro atoms. The quantitative estimate of drug-likeness (QED) is 0.718. The Hall–Kier alpha value is -1.41. The Morgan fingerprint density at radius 3 is 2.63 bits per heavy atom. The standard InChI is InChI=1S/C17H20OS/c1-4-15-8-9-16(19-15)17(18)14-7-5-6-13(11-14)10-12(2)3/h5-9,11-12H,4,10H2,1-3H3. The normalized spacial score (nSPS) is 10.9. The summed E-state index contributed by atoms with van der Waals surface area (Å²) in [5.41, 5.74) is 2.05. The molecule has 2 heteroatoms. The van der Waals surface area contributed by atoms with Crippen LogP contribution in [0, 0.1) is 5.92 Å². The average Bonchev–Trinajstić information content (AvgIpc) is 2.86. The first-order chi connectivity index (χ1) is 9.10. The van der Waals surface area contributed by atoms with E-state index in [1.54, 1.807) is 11.3 Å². The molecule has 1 nitrogen and oxygen atoms in total. The van der Waals surface area contributed by atoms with Gasteiger partial charge in [-0.2, -0.15) is 0 Å². The van der Waals surface area contributed by atoms with Gasteiger partial charge in [0.15, 0.2) is 0 Å². The molecule has 2 rings (SSSR count). The fourth-order valence-corrected chi connectivity index (χ4v) is 3.05. The highest BCUT2D eigenvalue weighted by atomic mass is 32.1. The van der Waals surface area contributed by atoms with Crippen LogP contribution in [0.15, 0.2) is 36.4 Å². The van der Waals surface area contributed by atoms with Crippen LogP contribution in [0.4, 0.5) is 0 Å². The lowest BCUT2D eigenvalue weighted by molar-refractivity contribution is 0.104. The van der Waals surface area contributed by atoms with E-state index >= 15 is 0 Å². The van der Waals surface area contributed by atoms with Crippen molar-refractivity contribution in [2.24, 2.45) is 5.92 Å². The molecule has 1 aromatic heterocycles. The summed E-state index contributed by atoms with van der Waals surface area (Å²) in [4.78, 5) is 14.5. The average molecular weight is 272 g/mol. The van der Waals surface area contributed by atoms with Gasteiger partial charge in [0, 0.05) is 10.4 Å². The zero-order valence-corrected chi connectivity index (χ0v) is 12.6. The first-order valence-electron chi connectivity index (χ1n) is 6.82. The first-order valence-corrected chi connectivity index (χ1v) is 7.64. The molecule has 100 valence electrons. The summed E-state index contributed by atoms with van der Waals surface area (Å²) in [6.45, 7) is 6.51. The van der Waals surface area contributed by atoms with Crippen LogP contribution in [0.1, 0.15) is 46.4 Å². The predicted molar refractivity (Wildman–Crippen MR) is 82.1 cm³/mol. The highest BCUT2D eigenvalue weighted by molar-refractivity contribution is 7.14. The van der Waals surface area contributed by atoms with Crippen LogP contribution in [0.25, 0.3) is 0 Å². The van der Waals surface area contributed by atoms with E-state index in [2.05, 4.69) is 32.9 Å². The smallest absolute Gasteiger partial charge is 0.202 e. The van der Waals surface area contributed by atoms with Crippen LogP contribution in [0.2, 0.25) is 0 Å². The number of carbonyl (C=O) groups is 1. The molecule has 0 aliphatic carbocycles. The molecule has 0 fully saturated rings. The lowest BCUT2D eigenvalue weighted by Crippen LogP contribution is -2.01. The largest absolute Gasteiger partial charge is 0.288 e. The zero-order chi connectivity index (χ0) is 13.8. The number of aryl methyl sites for hydroxylation is 1. The molecular weight excluding hydrogens is 252 g/mol. The van der Waals surface area contributed by atoms with E-state index in [0.717, 1.165) is 23.3 Å². The minimum absolute atomic E-state index is 0.148. The first kappa shape index (κ1) is 14.0. The summed E-state index contributed by atoms with van der Waals surface area (Å²) in [5, 5.41) is 0. The SMILES string of the molecule is CCc1ccc(C(=O)c2cccc(CC(C)C)c2)s1. The van der Waals surface area contributed by atoms with Gasteiger partial charge in [-0.15, -0.1) is 11.3 Å². The van der Waals surface area contributed by atoms with Crippen LogP contribution < -0.4 is 0 Å². The van der Waals surface area contributed by atoms with E-state index in [-0.39, 0.29) is 5.78 Å². The minimum Gasteiger partial charge on any atom is -0.288 e. The monoisotopic (exact) mass is 272 g/mol. The molecule has 0 saturated heterocycles. The maximum absolute atomic E-state index is 12.4. The number of carbonyl (C=O) groups excluding carboxylic acids is 1. The van der Waals surface area contributed by atoms with Gasteiger partial charge in [0.25, 0.3) is 0 Å². The van der Waals surface area contributed by atoms with Gasteiger partial charge in [-0.1, -0.05) is 39.0 Å². The second-order valence-electron chi connectivity index (χ2n) is 5.25. The van der Waals surface area contributed by atoms with Crippen LogP contribution in [0.5, 0.6) is 0 Å². The van der Waals surface area contributed by atoms with Gasteiger partial charge >= 0.3 is 0 Å². The topological polar surface area (TPSA) is 17.1 Å². The number of ketones is 1. The van der Waals surface area contributed by atoms with Crippen molar-refractivity contribution in [2.45, 2.75) is 33.6 Å². The van der Waals surface area contributed by atoms with Crippen molar-refractivity contribution in [3.05, 3.63) is 57.3 Å². The Labute approximate surface area is 119 Å². The van der Waals surface area contributed by atoms with E-state index in [4.69, 9.17) is 0 Å². The van der Waals surface area contributed by atoms with Gasteiger partial charge < -0.3 is 0 Å². The molecule has 2 aromatic rings. The van der Waals surface area contributed by atoms with Crippen molar-refractivity contribution >= 4 is 17.1 Å². The van der Waals surface area contributed by atoms with Gasteiger partial charge in [0.05, 0.1) is 4.88 Å². The van der Waals surface area contributed by atoms with Crippen molar-refractivity contribution in [3.8, 4) is 0 Å². The third-order valence-electron chi connectivity index (χ3n) is 3.07. The molecule has 0 aliphatic rings. The van der Waals surface area contributed by atoms with Crippen molar-refractivity contribution in [3.63, 3.8) is 0 Å². The third kappa shape index (κ3) is 3.54. The second-order valence-corrected chi connectivity index (χ2v) is 6.42. The zero-order valence-electron chi connectivity index (χ0n) is 11.8. The second kappa shape index (κ2) is 6.16. The molecule has 0 bridgehead atoms. The van der Waals surface area contributed by atoms with Crippen LogP contribution in [-0.4, -0.2) is 5.78 Å². The van der Waals surface area contributed by atoms with E-state index in [1.165, 1.54) is 10.4 Å². The van der Waals surface area contributed by atoms with Gasteiger partial charge in [0.1, 0.15) is 0 Å². The van der Waals surface area contributed by atoms with Crippen molar-refractivity contribution < 1.29 is 4.79 Å². The number of hydrogen-bond acceptors (Lipinski definition) is 2. The summed E-state index contributed by atoms with van der Waals surface area (Å²) in [6, 6.07) is 12.0. The van der Waals surface area contributed by atoms with Gasteiger partial charge in [0.2, 0.25) is 5.78 Å². The van der Waals surface area contributed by atoms with Crippen molar-refractivity contribution in [1.29, 1.82) is 0 Å². The van der Waals surface area contributed by atoms with Crippen LogP contribution >= 0.6 is 11.3 Å². The minimum atomic E-state index is 0.148. The lowest BCUT2D eigenvalue weighted by Gasteiger charge is -2.06. The number of rotatable bonds is 5. The van der Waals surface area contributed by atoms with E-state index in [1.807, 2.05) is 24.3 Å². The summed E-state index contributed by atoms with van der Waals surface area (Å²) >= 11 is 1.61. The van der Waals surface area contributed by atoms with E-state index < -0.39 is 0 Å². The van der Waals surface area contributed by atoms with Crippen LogP contribution in [-0.2, 0) is 12.8 Å². The Morgan fingerprint density at radius 2 is 2.00 bits per heavy atom. The Morgan fingerprint density at radius 1 is 1.21 bits per heavy atom. The number of benzene rings is 1. The van der Waals surface area contributed by atoms with E-state index in [0.29, 0.717) is 5.92 Å². The molecule has 19 heavy (non-hydrogen) atoms. The summed E-state index contributed by atoms with van der Waals surface area (Å²) in [5.74, 6) is 0.758. The summed E-state index contributed by atoms with van der Waals surface area (Å²) in [7, 11) is 0. The lowest BCUT2D eigenvalue weighted by atomic mass is 9.99. The highest BCUT2D eigenvalue weighted by Crippen LogP contribution is 2.21. The Kier molecular flexibility index (Phi) is 4.54. The maximum atomic E-state index is 12.4. The molecule has 0 aliphatic heterocycles. The molecule has 0 atom stereocenters. The predicted octanol–water partition coefficient (Wildman–Crippen LogP) is 4.74. The van der Waals surface area contributed by atoms with Crippen molar-refractivity contribution in [2.75, 3.05) is 0 Å². The number of hydrogen-bond donors (Lipinski definition) is 0. The van der Waals surface area contributed by atoms with Crippen LogP contribution in [0.3, 0.4) is 0 Å². The molecular formula is C17H20OS. The fraction of sp³-hybridized carbons (Fsp3) is 0.353. The molecule has 1 heterocycles. The fourth-order valence-electron chi connectivity index (χ4n) is 2.14. The van der Waals surface area contributed by atoms with E-state index in [9.17, 15) is 4.79 Å². The molecule has 0 saturated carbocycles. The highest BCUT2D eigenvalue weighted by Gasteiger charge is 2.12. The maximum Gasteiger partial charge on any atom is 0.202 e. The molecule has 0 amide bonds. The van der Waals surface area contributed by atoms with Crippen molar-refractivity contribution in [1.82, 2.24) is 0 Å². The molecule has 0 radical (unpaired) electrons.